The van der Waals surface area contributed by atoms with Gasteiger partial charge >= 0.3 is 20.1 Å². The van der Waals surface area contributed by atoms with E-state index in [1.165, 1.54) is 18.5 Å². The molecule has 0 unspecified atom stereocenters. The molecule has 0 saturated heterocycles. The van der Waals surface area contributed by atoms with E-state index in [1.807, 2.05) is 60.7 Å². The third-order valence-corrected chi connectivity index (χ3v) is 6.42. The van der Waals surface area contributed by atoms with Gasteiger partial charge < -0.3 is 19.5 Å². The summed E-state index contributed by atoms with van der Waals surface area (Å²) in [5.74, 6) is 1.81. The molecule has 2 aliphatic heterocycles. The van der Waals surface area contributed by atoms with E-state index in [9.17, 15) is 0 Å². The van der Waals surface area contributed by atoms with Gasteiger partial charge in [0.15, 0.2) is 0 Å². The van der Waals surface area contributed by atoms with Gasteiger partial charge in [0.25, 0.3) is 0 Å². The van der Waals surface area contributed by atoms with E-state index in [-0.39, 0.29) is 20.1 Å². The van der Waals surface area contributed by atoms with E-state index in [4.69, 9.17) is 4.74 Å². The van der Waals surface area contributed by atoms with E-state index in [0.717, 1.165) is 51.4 Å². The monoisotopic (exact) mass is 661 g/mol. The van der Waals surface area contributed by atoms with Gasteiger partial charge in [-0.1, -0.05) is 60.8 Å². The van der Waals surface area contributed by atoms with Crippen LogP contribution in [0.25, 0.3) is 22.0 Å². The van der Waals surface area contributed by atoms with Crippen molar-refractivity contribution in [3.8, 4) is 22.8 Å². The molecule has 5 aromatic rings. The molecule has 0 amide bonds. The van der Waals surface area contributed by atoms with Crippen molar-refractivity contribution in [2.24, 2.45) is 0 Å². The summed E-state index contributed by atoms with van der Waals surface area (Å²) in [6, 6.07) is 36.9. The zero-order valence-corrected chi connectivity index (χ0v) is 22.9. The third kappa shape index (κ3) is 4.85. The van der Waals surface area contributed by atoms with Gasteiger partial charge in [-0.3, -0.25) is 0 Å². The maximum Gasteiger partial charge on any atom is 3.00 e. The predicted octanol–water partition coefficient (Wildman–Crippen LogP) is 8.17. The van der Waals surface area contributed by atoms with Crippen LogP contribution in [0.15, 0.2) is 97.2 Å². The third-order valence-electron chi connectivity index (χ3n) is 6.42. The molecule has 7 rings (SSSR count). The zero-order chi connectivity index (χ0) is 24.3. The minimum atomic E-state index is 0. The molecule has 1 aromatic heterocycles. The number of rotatable bonds is 4. The van der Waals surface area contributed by atoms with E-state index < -0.39 is 0 Å². The molecule has 3 heterocycles. The first-order valence-electron chi connectivity index (χ1n) is 12.4. The molecule has 0 spiro atoms. The Kier molecular flexibility index (Phi) is 7.55. The number of aromatic nitrogens is 1. The van der Waals surface area contributed by atoms with Crippen LogP contribution in [-0.2, 0) is 20.1 Å². The molecule has 2 aliphatic rings. The summed E-state index contributed by atoms with van der Waals surface area (Å²) in [6.07, 6.45) is 4.14. The molecule has 0 bridgehead atoms. The second kappa shape index (κ2) is 11.2. The molecular formula is C32H26IrN3O. The van der Waals surface area contributed by atoms with Crippen molar-refractivity contribution in [2.45, 2.75) is 19.8 Å². The zero-order valence-electron chi connectivity index (χ0n) is 20.5. The number of anilines is 3. The first-order valence-corrected chi connectivity index (χ1v) is 12.4. The van der Waals surface area contributed by atoms with Crippen molar-refractivity contribution in [1.29, 1.82) is 0 Å². The number of fused-ring (bicyclic) bond motifs is 4. The van der Waals surface area contributed by atoms with Crippen LogP contribution in [0.5, 0.6) is 11.5 Å². The van der Waals surface area contributed by atoms with Crippen molar-refractivity contribution in [1.82, 2.24) is 4.98 Å². The van der Waals surface area contributed by atoms with Gasteiger partial charge in [-0.15, -0.1) is 47.3 Å². The fourth-order valence-electron chi connectivity index (χ4n) is 4.64. The Hall–Kier alpha value is -3.66. The van der Waals surface area contributed by atoms with Gasteiger partial charge in [-0.2, -0.15) is 18.8 Å². The molecule has 4 nitrogen and oxygen atoms in total. The molecule has 5 heteroatoms. The Morgan fingerprint density at radius 3 is 2.59 bits per heavy atom. The maximum atomic E-state index is 6.32. The van der Waals surface area contributed by atoms with Crippen LogP contribution in [-0.4, -0.2) is 11.5 Å². The second-order valence-corrected chi connectivity index (χ2v) is 8.80. The van der Waals surface area contributed by atoms with Crippen LogP contribution >= 0.6 is 0 Å². The summed E-state index contributed by atoms with van der Waals surface area (Å²) in [7, 11) is 0. The fraction of sp³-hybridized carbons (Fsp3) is 0.125. The standard InChI is InChI=1S/C21H18N2O.C11H8N.Ir/c1-2-3-13-22-14-23-18-12-11-15-7-4-5-8-16(15)21(18)24-19-10-6-9-17(22)20(19)23;1-2-6-10(7-3-1)11-8-4-5-9-12-11;/h4-11,14H,2-3,13H2,1H3;1-6,8-9H;/q-2;-1;+3. The summed E-state index contributed by atoms with van der Waals surface area (Å²) in [4.78, 5) is 8.77. The molecule has 0 fully saturated rings. The Balaban J connectivity index is 0.000000183. The van der Waals surface area contributed by atoms with Crippen molar-refractivity contribution in [3.05, 3.63) is 116 Å². The topological polar surface area (TPSA) is 28.6 Å². The molecule has 0 N–H and O–H groups in total. The number of nitrogens with zero attached hydrogens (tertiary/aromatic N) is 3. The van der Waals surface area contributed by atoms with Gasteiger partial charge in [-0.05, 0) is 36.9 Å². The minimum absolute atomic E-state index is 0. The molecule has 37 heavy (non-hydrogen) atoms. The summed E-state index contributed by atoms with van der Waals surface area (Å²) in [5.41, 5.74) is 5.35. The molecule has 184 valence electrons. The van der Waals surface area contributed by atoms with Crippen molar-refractivity contribution in [2.75, 3.05) is 16.3 Å². The second-order valence-electron chi connectivity index (χ2n) is 8.80. The number of ether oxygens (including phenoxy) is 1. The van der Waals surface area contributed by atoms with Crippen molar-refractivity contribution < 1.29 is 24.8 Å². The van der Waals surface area contributed by atoms with Crippen LogP contribution in [0.4, 0.5) is 17.1 Å². The first-order chi connectivity index (χ1) is 17.8. The van der Waals surface area contributed by atoms with E-state index in [0.29, 0.717) is 0 Å². The minimum Gasteiger partial charge on any atom is -0.512 e. The van der Waals surface area contributed by atoms with Gasteiger partial charge in [0.1, 0.15) is 5.75 Å². The normalized spacial score (nSPS) is 12.6. The van der Waals surface area contributed by atoms with Crippen LogP contribution in [0, 0.1) is 18.8 Å². The average molecular weight is 661 g/mol. The molecule has 0 radical (unpaired) electrons. The molecular weight excluding hydrogens is 635 g/mol. The van der Waals surface area contributed by atoms with E-state index in [1.54, 1.807) is 6.20 Å². The van der Waals surface area contributed by atoms with E-state index in [2.05, 4.69) is 70.8 Å². The molecule has 0 aliphatic carbocycles. The summed E-state index contributed by atoms with van der Waals surface area (Å²) < 4.78 is 6.32. The molecule has 0 atom stereocenters. The fourth-order valence-corrected chi connectivity index (χ4v) is 4.64. The molecule has 0 saturated carbocycles. The summed E-state index contributed by atoms with van der Waals surface area (Å²) >= 11 is 0. The number of hydrogen-bond acceptors (Lipinski definition) is 4. The number of hydrogen-bond donors (Lipinski definition) is 0. The van der Waals surface area contributed by atoms with Crippen molar-refractivity contribution in [3.63, 3.8) is 0 Å². The van der Waals surface area contributed by atoms with Gasteiger partial charge in [0, 0.05) is 17.6 Å². The Morgan fingerprint density at radius 2 is 1.78 bits per heavy atom. The average Bonchev–Trinajstić information content (AvgIpc) is 3.33. The van der Waals surface area contributed by atoms with Crippen LogP contribution < -0.4 is 14.5 Å². The molecule has 4 aromatic carbocycles. The number of benzene rings is 4. The van der Waals surface area contributed by atoms with Gasteiger partial charge in [0.05, 0.1) is 5.69 Å². The van der Waals surface area contributed by atoms with Crippen LogP contribution in [0.3, 0.4) is 0 Å². The SMILES string of the molecule is CCCCN1[CH-]N2c3[c-]cc4ccccc4c3Oc3cccc1c32.[Ir+3].[c-]1ccccc1-c1ccccn1. The smallest absolute Gasteiger partial charge is 0.512 e. The summed E-state index contributed by atoms with van der Waals surface area (Å²) in [5, 5.41) is 2.28. The first kappa shape index (κ1) is 25.0. The Labute approximate surface area is 231 Å². The Morgan fingerprint density at radius 1 is 0.919 bits per heavy atom. The number of para-hydroxylation sites is 1. The van der Waals surface area contributed by atoms with Crippen molar-refractivity contribution >= 4 is 27.8 Å². The number of unbranched alkanes of at least 4 members (excludes halogenated alkanes) is 1. The maximum absolute atomic E-state index is 6.32. The predicted molar refractivity (Wildman–Crippen MR) is 147 cm³/mol. The quantitative estimate of drug-likeness (QED) is 0.182. The van der Waals surface area contributed by atoms with Crippen LogP contribution in [0.1, 0.15) is 19.8 Å². The van der Waals surface area contributed by atoms with Gasteiger partial charge in [0.2, 0.25) is 0 Å². The largest absolute Gasteiger partial charge is 3.00 e. The van der Waals surface area contributed by atoms with E-state index >= 15 is 0 Å². The number of pyridine rings is 1. The Bertz CT molecular complexity index is 1450. The van der Waals surface area contributed by atoms with Crippen LogP contribution in [0.2, 0.25) is 0 Å². The van der Waals surface area contributed by atoms with Gasteiger partial charge in [-0.25, -0.2) is 0 Å². The summed E-state index contributed by atoms with van der Waals surface area (Å²) in [6.45, 7) is 5.43.